The van der Waals surface area contributed by atoms with Gasteiger partial charge in [-0.15, -0.1) is 0 Å². The third kappa shape index (κ3) is 3.13. The molecule has 0 radical (unpaired) electrons. The number of carboxylic acid groups (broad SMARTS) is 1. The van der Waals surface area contributed by atoms with Crippen LogP contribution in [-0.2, 0) is 16.1 Å². The maximum absolute atomic E-state index is 10.7. The molecule has 17 heavy (non-hydrogen) atoms. The SMILES string of the molecule is O=C([O-])C(=O)NCc1cc2ccccc2[nH]1.[Li+]. The fraction of sp³-hybridized carbons (Fsp3) is 0.0909. The molecule has 0 aliphatic heterocycles. The minimum Gasteiger partial charge on any atom is -0.540 e. The number of aromatic nitrogens is 1. The molecular weight excluding hydrogens is 215 g/mol. The van der Waals surface area contributed by atoms with Crippen molar-refractivity contribution < 1.29 is 33.6 Å². The predicted molar refractivity (Wildman–Crippen MR) is 55.2 cm³/mol. The summed E-state index contributed by atoms with van der Waals surface area (Å²) in [5.74, 6) is -2.84. The minimum atomic E-state index is -1.73. The molecule has 0 unspecified atom stereocenters. The van der Waals surface area contributed by atoms with Gasteiger partial charge in [-0.25, -0.2) is 0 Å². The van der Waals surface area contributed by atoms with Crippen LogP contribution in [-0.4, -0.2) is 16.9 Å². The number of carboxylic acids is 1. The number of aliphatic carboxylic acids is 1. The van der Waals surface area contributed by atoms with Crippen LogP contribution in [0.5, 0.6) is 0 Å². The van der Waals surface area contributed by atoms with Gasteiger partial charge in [-0.1, -0.05) is 18.2 Å². The van der Waals surface area contributed by atoms with E-state index in [0.29, 0.717) is 0 Å². The summed E-state index contributed by atoms with van der Waals surface area (Å²) in [4.78, 5) is 24.0. The molecule has 0 bridgehead atoms. The summed E-state index contributed by atoms with van der Waals surface area (Å²) in [5, 5.41) is 13.4. The predicted octanol–water partition coefficient (Wildman–Crippen LogP) is -3.46. The van der Waals surface area contributed by atoms with Crippen LogP contribution in [0.2, 0.25) is 0 Å². The largest absolute Gasteiger partial charge is 1.00 e. The van der Waals surface area contributed by atoms with Crippen LogP contribution < -0.4 is 29.3 Å². The van der Waals surface area contributed by atoms with Gasteiger partial charge >= 0.3 is 18.9 Å². The number of hydrogen-bond acceptors (Lipinski definition) is 3. The topological polar surface area (TPSA) is 85.0 Å². The average Bonchev–Trinajstić information content (AvgIpc) is 2.68. The molecule has 0 atom stereocenters. The zero-order valence-electron chi connectivity index (χ0n) is 9.32. The van der Waals surface area contributed by atoms with Crippen molar-refractivity contribution in [1.82, 2.24) is 10.3 Å². The number of hydrogen-bond donors (Lipinski definition) is 2. The first-order chi connectivity index (χ1) is 7.66. The van der Waals surface area contributed by atoms with E-state index in [1.807, 2.05) is 30.3 Å². The van der Waals surface area contributed by atoms with Gasteiger partial charge in [0.1, 0.15) is 5.97 Å². The van der Waals surface area contributed by atoms with Crippen LogP contribution in [0.1, 0.15) is 5.69 Å². The van der Waals surface area contributed by atoms with Crippen molar-refractivity contribution in [2.45, 2.75) is 6.54 Å². The second-order valence-corrected chi connectivity index (χ2v) is 3.35. The van der Waals surface area contributed by atoms with E-state index in [2.05, 4.69) is 10.3 Å². The molecule has 0 aliphatic carbocycles. The third-order valence-electron chi connectivity index (χ3n) is 2.21. The molecule has 1 aromatic heterocycles. The molecule has 0 saturated carbocycles. The molecule has 82 valence electrons. The molecule has 1 heterocycles. The number of carbonyl (C=O) groups is 2. The smallest absolute Gasteiger partial charge is 0.540 e. The van der Waals surface area contributed by atoms with Gasteiger partial charge in [-0.2, -0.15) is 0 Å². The normalized spacial score (nSPS) is 9.65. The summed E-state index contributed by atoms with van der Waals surface area (Å²) in [6.07, 6.45) is 0. The van der Waals surface area contributed by atoms with Crippen molar-refractivity contribution in [2.24, 2.45) is 0 Å². The first-order valence-corrected chi connectivity index (χ1v) is 4.72. The summed E-state index contributed by atoms with van der Waals surface area (Å²) < 4.78 is 0. The molecule has 0 fully saturated rings. The molecule has 1 aromatic carbocycles. The number of benzene rings is 1. The van der Waals surface area contributed by atoms with Gasteiger partial charge in [-0.05, 0) is 17.5 Å². The van der Waals surface area contributed by atoms with Crippen molar-refractivity contribution >= 4 is 22.8 Å². The van der Waals surface area contributed by atoms with Gasteiger partial charge in [0.05, 0.1) is 6.54 Å². The van der Waals surface area contributed by atoms with Gasteiger partial charge in [0.2, 0.25) is 0 Å². The summed E-state index contributed by atoms with van der Waals surface area (Å²) in [6, 6.07) is 9.47. The van der Waals surface area contributed by atoms with Gasteiger partial charge in [0, 0.05) is 11.2 Å². The number of carbonyl (C=O) groups excluding carboxylic acids is 2. The second-order valence-electron chi connectivity index (χ2n) is 3.35. The monoisotopic (exact) mass is 224 g/mol. The van der Waals surface area contributed by atoms with Crippen LogP contribution >= 0.6 is 0 Å². The molecule has 1 amide bonds. The van der Waals surface area contributed by atoms with Gasteiger partial charge in [-0.3, -0.25) is 4.79 Å². The molecule has 0 aliphatic rings. The van der Waals surface area contributed by atoms with Crippen LogP contribution in [0.4, 0.5) is 0 Å². The maximum atomic E-state index is 10.7. The quantitative estimate of drug-likeness (QED) is 0.410. The summed E-state index contributed by atoms with van der Waals surface area (Å²) in [6.45, 7) is 0.140. The Labute approximate surface area is 109 Å². The molecule has 0 saturated heterocycles. The summed E-state index contributed by atoms with van der Waals surface area (Å²) in [7, 11) is 0. The minimum absolute atomic E-state index is 0. The first kappa shape index (κ1) is 13.4. The molecule has 6 heteroatoms. The molecule has 0 spiro atoms. The van der Waals surface area contributed by atoms with E-state index >= 15 is 0 Å². The Morgan fingerprint density at radius 2 is 2.00 bits per heavy atom. The fourth-order valence-corrected chi connectivity index (χ4v) is 1.48. The van der Waals surface area contributed by atoms with Crippen LogP contribution in [0.25, 0.3) is 10.9 Å². The van der Waals surface area contributed by atoms with E-state index in [0.717, 1.165) is 16.6 Å². The number of para-hydroxylation sites is 1. The number of H-pyrrole nitrogens is 1. The Kier molecular flexibility index (Phi) is 4.38. The van der Waals surface area contributed by atoms with Crippen LogP contribution in [0, 0.1) is 0 Å². The zero-order valence-corrected chi connectivity index (χ0v) is 9.32. The van der Waals surface area contributed by atoms with E-state index in [1.165, 1.54) is 0 Å². The van der Waals surface area contributed by atoms with Crippen molar-refractivity contribution in [3.63, 3.8) is 0 Å². The van der Waals surface area contributed by atoms with E-state index in [9.17, 15) is 14.7 Å². The van der Waals surface area contributed by atoms with Crippen molar-refractivity contribution in [3.8, 4) is 0 Å². The van der Waals surface area contributed by atoms with Crippen molar-refractivity contribution in [2.75, 3.05) is 0 Å². The molecule has 2 N–H and O–H groups in total. The Morgan fingerprint density at radius 1 is 1.29 bits per heavy atom. The Hall–Kier alpha value is -1.70. The summed E-state index contributed by atoms with van der Waals surface area (Å²) in [5.41, 5.74) is 1.69. The van der Waals surface area contributed by atoms with Gasteiger partial charge < -0.3 is 20.2 Å². The molecule has 5 nitrogen and oxygen atoms in total. The Bertz CT molecular complexity index is 517. The average molecular weight is 224 g/mol. The number of fused-ring (bicyclic) bond motifs is 1. The standard InChI is InChI=1S/C11H10N2O3.Li/c14-10(11(15)16)12-6-8-5-7-3-1-2-4-9(7)13-8;/h1-5,13H,6H2,(H,12,14)(H,15,16);/q;+1/p-1. The second kappa shape index (κ2) is 5.57. The van der Waals surface area contributed by atoms with Crippen LogP contribution in [0.3, 0.4) is 0 Å². The Balaban J connectivity index is 0.00000144. The summed E-state index contributed by atoms with van der Waals surface area (Å²) >= 11 is 0. The molecule has 2 rings (SSSR count). The number of nitrogens with one attached hydrogen (secondary N) is 2. The Morgan fingerprint density at radius 3 is 2.65 bits per heavy atom. The number of rotatable bonds is 2. The molecule has 2 aromatic rings. The van der Waals surface area contributed by atoms with Gasteiger partial charge in [0.15, 0.2) is 0 Å². The van der Waals surface area contributed by atoms with Gasteiger partial charge in [0.25, 0.3) is 5.91 Å². The fourth-order valence-electron chi connectivity index (χ4n) is 1.48. The zero-order chi connectivity index (χ0) is 11.5. The maximum Gasteiger partial charge on any atom is 1.00 e. The van der Waals surface area contributed by atoms with E-state index in [1.54, 1.807) is 0 Å². The van der Waals surface area contributed by atoms with E-state index in [-0.39, 0.29) is 25.4 Å². The third-order valence-corrected chi connectivity index (χ3v) is 2.21. The number of aromatic amines is 1. The van der Waals surface area contributed by atoms with E-state index < -0.39 is 11.9 Å². The number of amides is 1. The van der Waals surface area contributed by atoms with Crippen molar-refractivity contribution in [3.05, 3.63) is 36.0 Å². The van der Waals surface area contributed by atoms with Crippen molar-refractivity contribution in [1.29, 1.82) is 0 Å². The molecular formula is C11H9LiN2O3. The van der Waals surface area contributed by atoms with Crippen LogP contribution in [0.15, 0.2) is 30.3 Å². The first-order valence-electron chi connectivity index (χ1n) is 4.72. The van der Waals surface area contributed by atoms with E-state index in [4.69, 9.17) is 0 Å².